The summed E-state index contributed by atoms with van der Waals surface area (Å²) >= 11 is 0. The van der Waals surface area contributed by atoms with E-state index in [-0.39, 0.29) is 18.7 Å². The Morgan fingerprint density at radius 3 is 2.13 bits per heavy atom. The number of aryl methyl sites for hydroxylation is 2. The Hall–Kier alpha value is -3.10. The fraction of sp³-hybridized carbons (Fsp3) is 0.655. The van der Waals surface area contributed by atoms with Crippen molar-refractivity contribution in [2.45, 2.75) is 118 Å². The van der Waals surface area contributed by atoms with E-state index in [1.54, 1.807) is 20.8 Å². The molecule has 0 bridgehead atoms. The number of nitrogens with zero attached hydrogens (tertiary/aromatic N) is 1. The molecule has 0 aliphatic carbocycles. The zero-order chi connectivity index (χ0) is 29.3. The van der Waals surface area contributed by atoms with Crippen LogP contribution in [0.25, 0.3) is 0 Å². The second-order valence-corrected chi connectivity index (χ2v) is 11.9. The molecule has 1 aromatic carbocycles. The van der Waals surface area contributed by atoms with Gasteiger partial charge in [-0.25, -0.2) is 4.79 Å². The first kappa shape index (κ1) is 32.9. The number of hydrogen-bond acceptors (Lipinski definition) is 5. The summed E-state index contributed by atoms with van der Waals surface area (Å²) in [6, 6.07) is 3.67. The maximum atomic E-state index is 14.1. The minimum absolute atomic E-state index is 0.0157. The van der Waals surface area contributed by atoms with Crippen LogP contribution < -0.4 is 16.4 Å². The van der Waals surface area contributed by atoms with E-state index >= 15 is 0 Å². The van der Waals surface area contributed by atoms with E-state index in [0.29, 0.717) is 18.5 Å². The van der Waals surface area contributed by atoms with Gasteiger partial charge in [0, 0.05) is 18.5 Å². The SMILES string of the molecule is CCCCCN(C(=O)C(CCC(N)=O)NC(=O)OC(C)(C)C)C(C(=O)NC(C)(C)C)c1ccc(C)c(C)c1. The topological polar surface area (TPSA) is 131 Å². The Labute approximate surface area is 228 Å². The van der Waals surface area contributed by atoms with Crippen molar-refractivity contribution in [3.8, 4) is 0 Å². The van der Waals surface area contributed by atoms with Gasteiger partial charge in [-0.3, -0.25) is 14.4 Å². The lowest BCUT2D eigenvalue weighted by molar-refractivity contribution is -0.143. The largest absolute Gasteiger partial charge is 0.444 e. The number of nitrogens with two attached hydrogens (primary N) is 1. The number of alkyl carbamates (subject to hydrolysis) is 1. The molecule has 9 nitrogen and oxygen atoms in total. The van der Waals surface area contributed by atoms with E-state index in [1.807, 2.05) is 52.8 Å². The quantitative estimate of drug-likeness (QED) is 0.343. The predicted octanol–water partition coefficient (Wildman–Crippen LogP) is 4.44. The molecule has 1 aromatic rings. The maximum absolute atomic E-state index is 14.1. The van der Waals surface area contributed by atoms with Crippen LogP contribution >= 0.6 is 0 Å². The van der Waals surface area contributed by atoms with Gasteiger partial charge >= 0.3 is 6.09 Å². The smallest absolute Gasteiger partial charge is 0.408 e. The standard InChI is InChI=1S/C29H48N4O5/c1-10-11-12-17-33(26(36)22(15-16-23(30)34)31-27(37)38-29(7,8)9)24(25(35)32-28(4,5)6)21-14-13-19(2)20(3)18-21/h13-14,18,22,24H,10-12,15-17H2,1-9H3,(H2,30,34)(H,31,37)(H,32,35). The molecule has 2 atom stereocenters. The van der Waals surface area contributed by atoms with Crippen LogP contribution in [-0.2, 0) is 19.1 Å². The van der Waals surface area contributed by atoms with Gasteiger partial charge in [0.1, 0.15) is 17.7 Å². The number of amides is 4. The van der Waals surface area contributed by atoms with Crippen LogP contribution in [0.3, 0.4) is 0 Å². The number of unbranched alkanes of at least 4 members (excludes halogenated alkanes) is 2. The predicted molar refractivity (Wildman–Crippen MR) is 149 cm³/mol. The Kier molecular flexibility index (Phi) is 12.3. The van der Waals surface area contributed by atoms with Crippen molar-refractivity contribution >= 4 is 23.8 Å². The Morgan fingerprint density at radius 1 is 1.00 bits per heavy atom. The van der Waals surface area contributed by atoms with E-state index < -0.39 is 41.1 Å². The molecule has 4 amide bonds. The van der Waals surface area contributed by atoms with Crippen LogP contribution in [0, 0.1) is 13.8 Å². The summed E-state index contributed by atoms with van der Waals surface area (Å²) in [5.74, 6) is -1.39. The Balaban J connectivity index is 3.59. The van der Waals surface area contributed by atoms with Crippen LogP contribution in [0.1, 0.15) is 103 Å². The van der Waals surface area contributed by atoms with Crippen LogP contribution in [0.15, 0.2) is 18.2 Å². The van der Waals surface area contributed by atoms with Gasteiger partial charge in [0.05, 0.1) is 0 Å². The fourth-order valence-electron chi connectivity index (χ4n) is 3.94. The molecule has 0 spiro atoms. The van der Waals surface area contributed by atoms with Crippen molar-refractivity contribution in [1.82, 2.24) is 15.5 Å². The summed E-state index contributed by atoms with van der Waals surface area (Å²) in [7, 11) is 0. The van der Waals surface area contributed by atoms with Gasteiger partial charge in [-0.1, -0.05) is 38.0 Å². The van der Waals surface area contributed by atoms with Gasteiger partial charge in [-0.15, -0.1) is 0 Å². The highest BCUT2D eigenvalue weighted by molar-refractivity contribution is 5.92. The van der Waals surface area contributed by atoms with Crippen LogP contribution in [0.5, 0.6) is 0 Å². The highest BCUT2D eigenvalue weighted by atomic mass is 16.6. The van der Waals surface area contributed by atoms with E-state index in [9.17, 15) is 19.2 Å². The highest BCUT2D eigenvalue weighted by Crippen LogP contribution is 2.27. The number of hydrogen-bond donors (Lipinski definition) is 3. The Bertz CT molecular complexity index is 978. The average molecular weight is 533 g/mol. The van der Waals surface area contributed by atoms with E-state index in [2.05, 4.69) is 17.6 Å². The molecule has 0 aliphatic rings. The van der Waals surface area contributed by atoms with Gasteiger partial charge in [-0.2, -0.15) is 0 Å². The second kappa shape index (κ2) is 14.2. The minimum Gasteiger partial charge on any atom is -0.444 e. The number of carbonyl (C=O) groups excluding carboxylic acids is 4. The normalized spacial score (nSPS) is 13.3. The van der Waals surface area contributed by atoms with E-state index in [4.69, 9.17) is 10.5 Å². The third-order valence-electron chi connectivity index (χ3n) is 5.86. The molecular formula is C29H48N4O5. The maximum Gasteiger partial charge on any atom is 0.408 e. The van der Waals surface area contributed by atoms with Crippen molar-refractivity contribution in [2.24, 2.45) is 5.73 Å². The minimum atomic E-state index is -1.10. The molecule has 0 aliphatic heterocycles. The van der Waals surface area contributed by atoms with Crippen molar-refractivity contribution < 1.29 is 23.9 Å². The third kappa shape index (κ3) is 11.5. The van der Waals surface area contributed by atoms with Gasteiger partial charge in [0.15, 0.2) is 0 Å². The summed E-state index contributed by atoms with van der Waals surface area (Å²) in [6.07, 6.45) is 1.54. The van der Waals surface area contributed by atoms with Gasteiger partial charge < -0.3 is 26.0 Å². The van der Waals surface area contributed by atoms with Crippen molar-refractivity contribution in [1.29, 1.82) is 0 Å². The number of nitrogens with one attached hydrogen (secondary N) is 2. The first-order valence-corrected chi connectivity index (χ1v) is 13.4. The van der Waals surface area contributed by atoms with E-state index in [0.717, 1.165) is 24.0 Å². The molecule has 0 fully saturated rings. The molecule has 2 unspecified atom stereocenters. The summed E-state index contributed by atoms with van der Waals surface area (Å²) in [6.45, 7) is 17.1. The lowest BCUT2D eigenvalue weighted by Gasteiger charge is -2.36. The van der Waals surface area contributed by atoms with Crippen LogP contribution in [0.2, 0.25) is 0 Å². The first-order chi connectivity index (χ1) is 17.4. The van der Waals surface area contributed by atoms with Crippen LogP contribution in [-0.4, -0.2) is 52.4 Å². The second-order valence-electron chi connectivity index (χ2n) is 11.9. The first-order valence-electron chi connectivity index (χ1n) is 13.4. The Morgan fingerprint density at radius 2 is 1.63 bits per heavy atom. The molecule has 214 valence electrons. The molecule has 1 rings (SSSR count). The molecule has 0 saturated carbocycles. The lowest BCUT2D eigenvalue weighted by atomic mass is 9.96. The number of ether oxygens (including phenoxy) is 1. The molecule has 0 saturated heterocycles. The number of carbonyl (C=O) groups is 4. The number of rotatable bonds is 12. The summed E-state index contributed by atoms with van der Waals surface area (Å²) in [5, 5.41) is 5.64. The molecule has 0 heterocycles. The van der Waals surface area contributed by atoms with Crippen molar-refractivity contribution in [3.05, 3.63) is 34.9 Å². The molecular weight excluding hydrogens is 484 g/mol. The molecule has 0 aromatic heterocycles. The van der Waals surface area contributed by atoms with Crippen molar-refractivity contribution in [2.75, 3.05) is 6.54 Å². The fourth-order valence-corrected chi connectivity index (χ4v) is 3.94. The number of benzene rings is 1. The van der Waals surface area contributed by atoms with Gasteiger partial charge in [0.2, 0.25) is 17.7 Å². The molecule has 0 radical (unpaired) electrons. The molecule has 4 N–H and O–H groups in total. The van der Waals surface area contributed by atoms with Crippen molar-refractivity contribution in [3.63, 3.8) is 0 Å². The summed E-state index contributed by atoms with van der Waals surface area (Å²) < 4.78 is 5.37. The number of primary amides is 1. The monoisotopic (exact) mass is 532 g/mol. The molecule has 38 heavy (non-hydrogen) atoms. The van der Waals surface area contributed by atoms with E-state index in [1.165, 1.54) is 4.90 Å². The van der Waals surface area contributed by atoms with Gasteiger partial charge in [0.25, 0.3) is 0 Å². The van der Waals surface area contributed by atoms with Crippen LogP contribution in [0.4, 0.5) is 4.79 Å². The summed E-state index contributed by atoms with van der Waals surface area (Å²) in [5.41, 5.74) is 6.79. The average Bonchev–Trinajstić information content (AvgIpc) is 2.75. The zero-order valence-electron chi connectivity index (χ0n) is 24.7. The summed E-state index contributed by atoms with van der Waals surface area (Å²) in [4.78, 5) is 53.6. The third-order valence-corrected chi connectivity index (χ3v) is 5.86. The lowest BCUT2D eigenvalue weighted by Crippen LogP contribution is -2.55. The highest BCUT2D eigenvalue weighted by Gasteiger charge is 2.37. The molecule has 9 heteroatoms. The zero-order valence-corrected chi connectivity index (χ0v) is 24.7. The van der Waals surface area contributed by atoms with Gasteiger partial charge in [-0.05, 0) is 84.9 Å².